The molecular weight excluding hydrogens is 412 g/mol. The Hall–Kier alpha value is -0.0231. The van der Waals surface area contributed by atoms with Gasteiger partial charge in [0.1, 0.15) is 0 Å². The zero-order chi connectivity index (χ0) is 22.9. The second-order valence-electron chi connectivity index (χ2n) is 7.75. The lowest BCUT2D eigenvalue weighted by molar-refractivity contribution is 0.00318. The molecule has 6 nitrogen and oxygen atoms in total. The van der Waals surface area contributed by atoms with Gasteiger partial charge < -0.3 is 27.5 Å². The molecule has 0 saturated heterocycles. The summed E-state index contributed by atoms with van der Waals surface area (Å²) in [6.07, 6.45) is 13.1. The Labute approximate surface area is 194 Å². The van der Waals surface area contributed by atoms with E-state index in [4.69, 9.17) is 27.5 Å². The molecule has 0 aromatic heterocycles. The van der Waals surface area contributed by atoms with E-state index in [9.17, 15) is 0 Å². The van der Waals surface area contributed by atoms with Crippen LogP contribution in [0.1, 0.15) is 91.9 Å². The predicted octanol–water partition coefficient (Wildman–Crippen LogP) is 6.01. The number of hydrogen-bond donors (Lipinski definition) is 0. The van der Waals surface area contributed by atoms with Gasteiger partial charge in [0, 0.05) is 25.9 Å². The maximum atomic E-state index is 6.23. The van der Waals surface area contributed by atoms with Crippen molar-refractivity contribution in [2.45, 2.75) is 97.9 Å². The van der Waals surface area contributed by atoms with Crippen molar-refractivity contribution in [3.8, 4) is 0 Å². The molecule has 0 amide bonds. The normalized spacial score (nSPS) is 12.0. The van der Waals surface area contributed by atoms with Crippen LogP contribution in [0, 0.1) is 0 Å². The molecule has 31 heavy (non-hydrogen) atoms. The van der Waals surface area contributed by atoms with Crippen LogP contribution in [-0.4, -0.2) is 68.3 Å². The zero-order valence-corrected chi connectivity index (χ0v) is 22.1. The summed E-state index contributed by atoms with van der Waals surface area (Å²) < 4.78 is 35.1. The van der Waals surface area contributed by atoms with Gasteiger partial charge in [-0.2, -0.15) is 0 Å². The van der Waals surface area contributed by atoms with Gasteiger partial charge in [-0.15, -0.1) is 0 Å². The minimum absolute atomic E-state index is 0.501. The smallest absolute Gasteiger partial charge is 0.379 e. The molecule has 7 heteroatoms. The number of ether oxygens (including phenoxy) is 3. The summed E-state index contributed by atoms with van der Waals surface area (Å²) in [6, 6.07) is 0.841. The molecule has 0 saturated carbocycles. The van der Waals surface area contributed by atoms with Crippen LogP contribution in [0.4, 0.5) is 0 Å². The molecule has 0 aliphatic rings. The van der Waals surface area contributed by atoms with E-state index in [2.05, 4.69) is 6.92 Å². The van der Waals surface area contributed by atoms with E-state index < -0.39 is 8.80 Å². The minimum atomic E-state index is -2.78. The molecule has 0 N–H and O–H groups in total. The van der Waals surface area contributed by atoms with E-state index in [1.54, 1.807) is 0 Å². The van der Waals surface area contributed by atoms with Crippen LogP contribution in [0.3, 0.4) is 0 Å². The second kappa shape index (κ2) is 24.6. The highest BCUT2D eigenvalue weighted by Gasteiger charge is 2.40. The highest BCUT2D eigenvalue weighted by atomic mass is 28.4. The summed E-state index contributed by atoms with van der Waals surface area (Å²) in [5.74, 6) is 0. The molecule has 0 unspecified atom stereocenters. The zero-order valence-electron chi connectivity index (χ0n) is 21.1. The average molecular weight is 465 g/mol. The Morgan fingerprint density at radius 3 is 1.13 bits per heavy atom. The fourth-order valence-electron chi connectivity index (χ4n) is 3.37. The van der Waals surface area contributed by atoms with Crippen LogP contribution in [0.5, 0.6) is 0 Å². The Morgan fingerprint density at radius 2 is 0.774 bits per heavy atom. The van der Waals surface area contributed by atoms with Crippen molar-refractivity contribution >= 4 is 8.80 Å². The van der Waals surface area contributed by atoms with Crippen molar-refractivity contribution < 1.29 is 27.5 Å². The quantitative estimate of drug-likeness (QED) is 0.115. The van der Waals surface area contributed by atoms with Crippen molar-refractivity contribution in [3.05, 3.63) is 0 Å². The lowest BCUT2D eigenvalue weighted by Gasteiger charge is -2.30. The SMILES string of the molecule is CCCCCCCCCCCC[Si](OCCOCC)(OCCOCC)OCCOCC. The van der Waals surface area contributed by atoms with Gasteiger partial charge in [0.25, 0.3) is 0 Å². The summed E-state index contributed by atoms with van der Waals surface area (Å²) in [5.41, 5.74) is 0. The van der Waals surface area contributed by atoms with Gasteiger partial charge in [0.15, 0.2) is 0 Å². The Kier molecular flexibility index (Phi) is 24.6. The molecule has 0 aliphatic carbocycles. The Balaban J connectivity index is 4.44. The summed E-state index contributed by atoms with van der Waals surface area (Å²) in [6.45, 7) is 13.5. The lowest BCUT2D eigenvalue weighted by atomic mass is 10.1. The maximum absolute atomic E-state index is 6.23. The van der Waals surface area contributed by atoms with Crippen LogP contribution >= 0.6 is 0 Å². The van der Waals surface area contributed by atoms with Gasteiger partial charge in [-0.05, 0) is 27.2 Å². The third kappa shape index (κ3) is 20.3. The number of hydrogen-bond acceptors (Lipinski definition) is 6. The van der Waals surface area contributed by atoms with Crippen LogP contribution in [-0.2, 0) is 27.5 Å². The second-order valence-corrected chi connectivity index (χ2v) is 10.5. The van der Waals surface area contributed by atoms with E-state index in [0.717, 1.165) is 12.5 Å². The molecule has 0 aromatic carbocycles. The monoisotopic (exact) mass is 464 g/mol. The molecule has 0 spiro atoms. The standard InChI is InChI=1S/C24H52O6Si/c1-5-9-10-11-12-13-14-15-16-17-24-31(28-21-18-25-6-2,29-22-19-26-7-3)30-23-20-27-8-4/h5-24H2,1-4H3. The minimum Gasteiger partial charge on any atom is -0.379 e. The van der Waals surface area contributed by atoms with E-state index in [1.807, 2.05) is 20.8 Å². The molecule has 0 aromatic rings. The van der Waals surface area contributed by atoms with Crippen LogP contribution in [0.15, 0.2) is 0 Å². The van der Waals surface area contributed by atoms with Gasteiger partial charge in [-0.1, -0.05) is 64.7 Å². The predicted molar refractivity (Wildman–Crippen MR) is 130 cm³/mol. The average Bonchev–Trinajstić information content (AvgIpc) is 2.78. The maximum Gasteiger partial charge on any atom is 0.501 e. The fraction of sp³-hybridized carbons (Fsp3) is 1.00. The topological polar surface area (TPSA) is 55.4 Å². The van der Waals surface area contributed by atoms with Crippen molar-refractivity contribution in [2.75, 3.05) is 59.5 Å². The van der Waals surface area contributed by atoms with E-state index in [1.165, 1.54) is 57.8 Å². The Morgan fingerprint density at radius 1 is 0.419 bits per heavy atom. The summed E-state index contributed by atoms with van der Waals surface area (Å²) in [7, 11) is -2.78. The lowest BCUT2D eigenvalue weighted by Crippen LogP contribution is -2.48. The fourth-order valence-corrected chi connectivity index (χ4v) is 5.92. The molecule has 0 heterocycles. The van der Waals surface area contributed by atoms with Crippen LogP contribution in [0.2, 0.25) is 6.04 Å². The van der Waals surface area contributed by atoms with Crippen molar-refractivity contribution in [2.24, 2.45) is 0 Å². The van der Waals surface area contributed by atoms with Gasteiger partial charge in [-0.3, -0.25) is 0 Å². The summed E-state index contributed by atoms with van der Waals surface area (Å²) in [4.78, 5) is 0. The van der Waals surface area contributed by atoms with Crippen LogP contribution in [0.25, 0.3) is 0 Å². The molecule has 0 rings (SSSR count). The molecule has 0 aliphatic heterocycles. The Bertz CT molecular complexity index is 315. The summed E-state index contributed by atoms with van der Waals surface area (Å²) in [5, 5.41) is 0. The highest BCUT2D eigenvalue weighted by Crippen LogP contribution is 2.21. The van der Waals surface area contributed by atoms with Crippen molar-refractivity contribution in [3.63, 3.8) is 0 Å². The van der Waals surface area contributed by atoms with E-state index in [0.29, 0.717) is 59.5 Å². The number of rotatable bonds is 26. The van der Waals surface area contributed by atoms with Crippen LogP contribution < -0.4 is 0 Å². The van der Waals surface area contributed by atoms with Crippen molar-refractivity contribution in [1.29, 1.82) is 0 Å². The highest BCUT2D eigenvalue weighted by molar-refractivity contribution is 6.60. The molecule has 0 fully saturated rings. The van der Waals surface area contributed by atoms with Gasteiger partial charge in [-0.25, -0.2) is 0 Å². The molecule has 0 bridgehead atoms. The van der Waals surface area contributed by atoms with E-state index in [-0.39, 0.29) is 0 Å². The largest absolute Gasteiger partial charge is 0.501 e. The third-order valence-corrected chi connectivity index (χ3v) is 8.00. The van der Waals surface area contributed by atoms with E-state index >= 15 is 0 Å². The first kappa shape index (κ1) is 31.0. The summed E-state index contributed by atoms with van der Waals surface area (Å²) >= 11 is 0. The van der Waals surface area contributed by atoms with Crippen molar-refractivity contribution in [1.82, 2.24) is 0 Å². The number of unbranched alkanes of at least 4 members (excludes halogenated alkanes) is 9. The van der Waals surface area contributed by atoms with Gasteiger partial charge in [0.05, 0.1) is 39.6 Å². The van der Waals surface area contributed by atoms with Gasteiger partial charge >= 0.3 is 8.80 Å². The molecule has 0 atom stereocenters. The molecule has 0 radical (unpaired) electrons. The first-order valence-corrected chi connectivity index (χ1v) is 14.8. The molecule has 188 valence electrons. The third-order valence-electron chi connectivity index (χ3n) is 5.10. The van der Waals surface area contributed by atoms with Gasteiger partial charge in [0.2, 0.25) is 0 Å². The first-order valence-electron chi connectivity index (χ1n) is 12.9. The molecular formula is C24H52O6Si. The first-order chi connectivity index (χ1) is 15.2.